The molecule has 5 nitrogen and oxygen atoms in total. The van der Waals surface area contributed by atoms with Crippen molar-refractivity contribution in [2.24, 2.45) is 5.92 Å². The minimum Gasteiger partial charge on any atom is -0.480 e. The number of rotatable bonds is 4. The summed E-state index contributed by atoms with van der Waals surface area (Å²) in [4.78, 5) is 25.5. The van der Waals surface area contributed by atoms with Crippen molar-refractivity contribution in [3.63, 3.8) is 0 Å². The second-order valence-electron chi connectivity index (χ2n) is 5.21. The molecule has 1 aromatic carbocycles. The first kappa shape index (κ1) is 18.0. The van der Waals surface area contributed by atoms with Crippen LogP contribution in [-0.4, -0.2) is 36.5 Å². The molecule has 8 heteroatoms. The molecule has 1 amide bonds. The number of halogens is 1. The Labute approximate surface area is 149 Å². The van der Waals surface area contributed by atoms with Crippen molar-refractivity contribution in [3.8, 4) is 0 Å². The molecule has 0 spiro atoms. The molecule has 2 rings (SSSR count). The Kier molecular flexibility index (Phi) is 5.83. The first-order valence-corrected chi connectivity index (χ1v) is 9.08. The maximum absolute atomic E-state index is 12.6. The van der Waals surface area contributed by atoms with Crippen molar-refractivity contribution in [1.29, 1.82) is 0 Å². The zero-order chi connectivity index (χ0) is 17.1. The number of nitrogens with zero attached hydrogens (tertiary/aromatic N) is 1. The smallest absolute Gasteiger partial charge is 0.327 e. The lowest BCUT2D eigenvalue weighted by molar-refractivity contribution is -0.146. The van der Waals surface area contributed by atoms with E-state index in [2.05, 4.69) is 15.9 Å². The van der Waals surface area contributed by atoms with E-state index in [1.54, 1.807) is 19.9 Å². The van der Waals surface area contributed by atoms with Gasteiger partial charge in [0.15, 0.2) is 4.32 Å². The first-order valence-electron chi connectivity index (χ1n) is 6.73. The SMILES string of the molecule is CC(C)C(C(=O)O)N1C(=O)/C(=C\c2ccc(Br)cc2)SC1=S=O. The Bertz CT molecular complexity index is 723. The molecule has 1 atom stereocenters. The van der Waals surface area contributed by atoms with Crippen LogP contribution in [0.3, 0.4) is 0 Å². The van der Waals surface area contributed by atoms with Gasteiger partial charge in [-0.15, -0.1) is 0 Å². The quantitative estimate of drug-likeness (QED) is 0.604. The van der Waals surface area contributed by atoms with E-state index in [1.807, 2.05) is 24.3 Å². The minimum absolute atomic E-state index is 0.147. The van der Waals surface area contributed by atoms with Crippen molar-refractivity contribution >= 4 is 61.2 Å². The molecule has 0 radical (unpaired) electrons. The molecule has 1 aromatic rings. The van der Waals surface area contributed by atoms with Gasteiger partial charge in [-0.3, -0.25) is 9.69 Å². The third-order valence-electron chi connectivity index (χ3n) is 3.23. The number of thioether (sulfide) groups is 1. The summed E-state index contributed by atoms with van der Waals surface area (Å²) < 4.78 is 12.4. The van der Waals surface area contributed by atoms with E-state index in [0.29, 0.717) is 4.91 Å². The summed E-state index contributed by atoms with van der Waals surface area (Å²) in [6, 6.07) is 6.29. The number of hydrogen-bond acceptors (Lipinski definition) is 4. The molecule has 1 aliphatic heterocycles. The number of carboxylic acid groups (broad SMARTS) is 1. The Hall–Kier alpha value is -1.38. The van der Waals surface area contributed by atoms with Gasteiger partial charge in [0.25, 0.3) is 5.91 Å². The second-order valence-corrected chi connectivity index (χ2v) is 7.97. The van der Waals surface area contributed by atoms with Crippen LogP contribution in [0.25, 0.3) is 6.08 Å². The molecule has 1 N–H and O–H groups in total. The van der Waals surface area contributed by atoms with Gasteiger partial charge in [-0.25, -0.2) is 9.00 Å². The molecule has 0 saturated carbocycles. The molecular formula is C15H14BrNO4S2. The molecule has 1 heterocycles. The van der Waals surface area contributed by atoms with Crippen LogP contribution in [0.4, 0.5) is 0 Å². The van der Waals surface area contributed by atoms with E-state index < -0.39 is 17.9 Å². The predicted octanol–water partition coefficient (Wildman–Crippen LogP) is 2.78. The number of amides is 1. The van der Waals surface area contributed by atoms with Gasteiger partial charge in [-0.2, -0.15) is 0 Å². The van der Waals surface area contributed by atoms with Crippen LogP contribution >= 0.6 is 27.7 Å². The molecule has 122 valence electrons. The Morgan fingerprint density at radius 3 is 2.43 bits per heavy atom. The average molecular weight is 416 g/mol. The highest BCUT2D eigenvalue weighted by Gasteiger charge is 2.42. The van der Waals surface area contributed by atoms with Crippen molar-refractivity contribution in [1.82, 2.24) is 4.90 Å². The Morgan fingerprint density at radius 2 is 1.96 bits per heavy atom. The van der Waals surface area contributed by atoms with Gasteiger partial charge in [0.05, 0.1) is 4.91 Å². The van der Waals surface area contributed by atoms with Crippen LogP contribution < -0.4 is 0 Å². The van der Waals surface area contributed by atoms with Crippen molar-refractivity contribution in [2.75, 3.05) is 0 Å². The topological polar surface area (TPSA) is 74.7 Å². The van der Waals surface area contributed by atoms with Crippen molar-refractivity contribution in [3.05, 3.63) is 39.2 Å². The van der Waals surface area contributed by atoms with Gasteiger partial charge in [-0.1, -0.05) is 53.7 Å². The van der Waals surface area contributed by atoms with E-state index in [-0.39, 0.29) is 21.5 Å². The number of carboxylic acids is 1. The molecule has 23 heavy (non-hydrogen) atoms. The molecule has 0 aliphatic carbocycles. The fourth-order valence-electron chi connectivity index (χ4n) is 2.18. The number of carbonyl (C=O) groups is 2. The van der Waals surface area contributed by atoms with Gasteiger partial charge < -0.3 is 5.11 Å². The van der Waals surface area contributed by atoms with E-state index in [4.69, 9.17) is 0 Å². The van der Waals surface area contributed by atoms with E-state index >= 15 is 0 Å². The van der Waals surface area contributed by atoms with Gasteiger partial charge in [0.1, 0.15) is 17.3 Å². The molecule has 1 fully saturated rings. The molecule has 1 unspecified atom stereocenters. The van der Waals surface area contributed by atoms with Crippen molar-refractivity contribution < 1.29 is 18.9 Å². The fraction of sp³-hybridized carbons (Fsp3) is 0.267. The molecule has 0 bridgehead atoms. The molecule has 1 aliphatic rings. The third kappa shape index (κ3) is 3.94. The zero-order valence-corrected chi connectivity index (χ0v) is 15.6. The van der Waals surface area contributed by atoms with Gasteiger partial charge in [0.2, 0.25) is 0 Å². The molecule has 1 saturated heterocycles. The predicted molar refractivity (Wildman–Crippen MR) is 96.0 cm³/mol. The third-order valence-corrected chi connectivity index (χ3v) is 5.43. The maximum atomic E-state index is 12.6. The summed E-state index contributed by atoms with van der Waals surface area (Å²) in [5, 5.41) is 9.39. The van der Waals surface area contributed by atoms with Crippen LogP contribution in [0.1, 0.15) is 19.4 Å². The van der Waals surface area contributed by atoms with Crippen LogP contribution in [0.5, 0.6) is 0 Å². The highest BCUT2D eigenvalue weighted by molar-refractivity contribution is 9.10. The average Bonchev–Trinajstić information content (AvgIpc) is 2.78. The number of aliphatic carboxylic acids is 1. The number of carbonyl (C=O) groups excluding carboxylic acids is 1. The van der Waals surface area contributed by atoms with Crippen LogP contribution in [0.15, 0.2) is 33.6 Å². The highest BCUT2D eigenvalue weighted by atomic mass is 79.9. The normalized spacial score (nSPS) is 17.9. The zero-order valence-electron chi connectivity index (χ0n) is 12.4. The number of hydrogen-bond donors (Lipinski definition) is 1. The van der Waals surface area contributed by atoms with Gasteiger partial charge in [0, 0.05) is 4.47 Å². The minimum atomic E-state index is -1.12. The summed E-state index contributed by atoms with van der Waals surface area (Å²) in [7, 11) is 0. The highest BCUT2D eigenvalue weighted by Crippen LogP contribution is 2.34. The first-order chi connectivity index (χ1) is 10.8. The lowest BCUT2D eigenvalue weighted by Crippen LogP contribution is -2.47. The Balaban J connectivity index is 2.40. The van der Waals surface area contributed by atoms with Gasteiger partial charge in [-0.05, 0) is 29.7 Å². The van der Waals surface area contributed by atoms with Crippen LogP contribution in [0.2, 0.25) is 0 Å². The van der Waals surface area contributed by atoms with E-state index in [0.717, 1.165) is 26.7 Å². The summed E-state index contributed by atoms with van der Waals surface area (Å²) >= 11 is 4.50. The summed E-state index contributed by atoms with van der Waals surface area (Å²) in [5.41, 5.74) is 0.803. The largest absolute Gasteiger partial charge is 0.480 e. The summed E-state index contributed by atoms with van der Waals surface area (Å²) in [6.07, 6.45) is 1.66. The van der Waals surface area contributed by atoms with Crippen molar-refractivity contribution in [2.45, 2.75) is 19.9 Å². The summed E-state index contributed by atoms with van der Waals surface area (Å²) in [5.74, 6) is -1.88. The van der Waals surface area contributed by atoms with E-state index in [9.17, 15) is 18.9 Å². The lowest BCUT2D eigenvalue weighted by atomic mass is 10.0. The van der Waals surface area contributed by atoms with E-state index in [1.165, 1.54) is 0 Å². The molecular weight excluding hydrogens is 402 g/mol. The number of benzene rings is 1. The molecule has 0 aromatic heterocycles. The van der Waals surface area contributed by atoms with Crippen LogP contribution in [-0.2, 0) is 20.8 Å². The van der Waals surface area contributed by atoms with Crippen LogP contribution in [0, 0.1) is 5.92 Å². The Morgan fingerprint density at radius 1 is 1.35 bits per heavy atom. The summed E-state index contributed by atoms with van der Waals surface area (Å²) in [6.45, 7) is 3.42. The standard InChI is InChI=1S/C15H14BrNO4S2/c1-8(2)12(14(19)20)17-13(18)11(22-15(17)23-21)7-9-3-5-10(16)6-4-9/h3-8,12H,1-2H3,(H,19,20)/b11-7+. The second kappa shape index (κ2) is 7.46. The monoisotopic (exact) mass is 415 g/mol. The lowest BCUT2D eigenvalue weighted by Gasteiger charge is -2.25. The fourth-order valence-corrected chi connectivity index (χ4v) is 3.99. The van der Waals surface area contributed by atoms with Gasteiger partial charge >= 0.3 is 5.97 Å². The maximum Gasteiger partial charge on any atom is 0.327 e.